The van der Waals surface area contributed by atoms with Crippen molar-refractivity contribution in [1.29, 1.82) is 0 Å². The highest BCUT2D eigenvalue weighted by Crippen LogP contribution is 2.33. The lowest BCUT2D eigenvalue weighted by atomic mass is 10.1. The topological polar surface area (TPSA) is 78.9 Å². The van der Waals surface area contributed by atoms with Gasteiger partial charge in [0.25, 0.3) is 0 Å². The molecule has 0 unspecified atom stereocenters. The largest absolute Gasteiger partial charge is 0.481 e. The van der Waals surface area contributed by atoms with Crippen LogP contribution in [0.2, 0.25) is 0 Å². The molecule has 0 radical (unpaired) electrons. The van der Waals surface area contributed by atoms with E-state index in [-0.39, 0.29) is 12.5 Å². The number of benzene rings is 1. The van der Waals surface area contributed by atoms with E-state index in [2.05, 4.69) is 10.2 Å². The minimum atomic E-state index is -0.785. The number of nitrogens with one attached hydrogen (secondary N) is 1. The number of carboxylic acids is 1. The molecule has 7 heteroatoms. The third-order valence-electron chi connectivity index (χ3n) is 4.39. The summed E-state index contributed by atoms with van der Waals surface area (Å²) < 4.78 is 5.54. The Hall–Kier alpha value is -2.38. The Balaban J connectivity index is 1.49. The fourth-order valence-corrected chi connectivity index (χ4v) is 3.87. The summed E-state index contributed by atoms with van der Waals surface area (Å²) in [6.07, 6.45) is 1.02. The number of rotatable bonds is 6. The zero-order valence-electron chi connectivity index (χ0n) is 14.4. The maximum Gasteiger partial charge on any atom is 0.411 e. The summed E-state index contributed by atoms with van der Waals surface area (Å²) >= 11 is 1.57. The number of carbonyl (C=O) groups excluding carboxylic acids is 1. The third kappa shape index (κ3) is 5.06. The van der Waals surface area contributed by atoms with Crippen LogP contribution in [0.25, 0.3) is 10.4 Å². The number of nitrogens with zero attached hydrogens (tertiary/aromatic N) is 1. The second-order valence-corrected chi connectivity index (χ2v) is 7.16. The molecule has 1 aliphatic heterocycles. The fraction of sp³-hybridized carbons (Fsp3) is 0.368. The van der Waals surface area contributed by atoms with Crippen LogP contribution < -0.4 is 5.32 Å². The lowest BCUT2D eigenvalue weighted by Gasteiger charge is -2.31. The first-order valence-electron chi connectivity index (χ1n) is 8.66. The number of thiophene rings is 1. The molecule has 138 valence electrons. The van der Waals surface area contributed by atoms with Gasteiger partial charge in [-0.2, -0.15) is 0 Å². The second kappa shape index (κ2) is 8.82. The number of hydrogen-bond acceptors (Lipinski definition) is 5. The number of likely N-dealkylation sites (tertiary alicyclic amines) is 1. The van der Waals surface area contributed by atoms with E-state index in [1.807, 2.05) is 41.8 Å². The van der Waals surface area contributed by atoms with Crippen LogP contribution in [0.15, 0.2) is 41.8 Å². The molecule has 2 heterocycles. The Labute approximate surface area is 156 Å². The molecule has 0 saturated carbocycles. The molecule has 0 aliphatic carbocycles. The number of carboxylic acid groups (broad SMARTS) is 1. The molecule has 2 aromatic rings. The first kappa shape index (κ1) is 18.4. The smallest absolute Gasteiger partial charge is 0.411 e. The summed E-state index contributed by atoms with van der Waals surface area (Å²) in [6.45, 7) is 2.04. The first-order chi connectivity index (χ1) is 12.6. The normalized spacial score (nSPS) is 15.5. The molecule has 0 spiro atoms. The summed E-state index contributed by atoms with van der Waals surface area (Å²) in [5.74, 6) is -0.785. The van der Waals surface area contributed by atoms with Gasteiger partial charge in [-0.1, -0.05) is 30.3 Å². The van der Waals surface area contributed by atoms with E-state index in [4.69, 9.17) is 9.84 Å². The van der Waals surface area contributed by atoms with Gasteiger partial charge in [0, 0.05) is 19.6 Å². The average Bonchev–Trinajstić information content (AvgIpc) is 3.09. The number of ether oxygens (including phenoxy) is 1. The highest BCUT2D eigenvalue weighted by atomic mass is 32.1. The lowest BCUT2D eigenvalue weighted by Crippen LogP contribution is -2.39. The van der Waals surface area contributed by atoms with Gasteiger partial charge in [0.05, 0.1) is 17.0 Å². The van der Waals surface area contributed by atoms with Gasteiger partial charge in [-0.3, -0.25) is 10.1 Å². The van der Waals surface area contributed by atoms with Crippen LogP contribution in [-0.4, -0.2) is 47.8 Å². The van der Waals surface area contributed by atoms with Gasteiger partial charge < -0.3 is 14.7 Å². The van der Waals surface area contributed by atoms with Crippen LogP contribution in [0, 0.1) is 0 Å². The van der Waals surface area contributed by atoms with Crippen LogP contribution in [0.3, 0.4) is 0 Å². The van der Waals surface area contributed by atoms with Crippen molar-refractivity contribution in [3.05, 3.63) is 41.8 Å². The van der Waals surface area contributed by atoms with E-state index in [1.54, 1.807) is 11.3 Å². The summed E-state index contributed by atoms with van der Waals surface area (Å²) in [6, 6.07) is 11.8. The quantitative estimate of drug-likeness (QED) is 0.802. The number of piperidine rings is 1. The molecule has 3 rings (SSSR count). The molecule has 1 fully saturated rings. The van der Waals surface area contributed by atoms with Crippen LogP contribution in [-0.2, 0) is 9.53 Å². The molecule has 0 bridgehead atoms. The predicted octanol–water partition coefficient (Wildman–Crippen LogP) is 3.90. The Morgan fingerprint density at radius 1 is 1.19 bits per heavy atom. The van der Waals surface area contributed by atoms with Crippen LogP contribution >= 0.6 is 11.3 Å². The summed E-state index contributed by atoms with van der Waals surface area (Å²) in [7, 11) is 0. The maximum atomic E-state index is 12.2. The minimum Gasteiger partial charge on any atom is -0.481 e. The standard InChI is InChI=1S/C19H22N2O4S/c22-17(23)8-12-21-10-6-15(7-11-21)25-19(24)20-16-9-13-26-18(16)14-4-2-1-3-5-14/h1-5,9,13,15H,6-8,10-12H2,(H,20,24)(H,22,23). The van der Waals surface area contributed by atoms with E-state index >= 15 is 0 Å². The molecule has 1 aromatic heterocycles. The second-order valence-electron chi connectivity index (χ2n) is 6.24. The van der Waals surface area contributed by atoms with Gasteiger partial charge in [-0.15, -0.1) is 11.3 Å². The van der Waals surface area contributed by atoms with Gasteiger partial charge in [-0.05, 0) is 29.9 Å². The molecular formula is C19H22N2O4S. The number of amides is 1. The Bertz CT molecular complexity index is 739. The van der Waals surface area contributed by atoms with Crippen molar-refractivity contribution in [1.82, 2.24) is 4.90 Å². The van der Waals surface area contributed by atoms with Gasteiger partial charge in [0.2, 0.25) is 0 Å². The van der Waals surface area contributed by atoms with Crippen LogP contribution in [0.5, 0.6) is 0 Å². The summed E-state index contributed by atoms with van der Waals surface area (Å²) in [4.78, 5) is 26.0. The van der Waals surface area contributed by atoms with Crippen molar-refractivity contribution < 1.29 is 19.4 Å². The van der Waals surface area contributed by atoms with Crippen molar-refractivity contribution >= 4 is 29.1 Å². The monoisotopic (exact) mass is 374 g/mol. The molecule has 2 N–H and O–H groups in total. The molecule has 6 nitrogen and oxygen atoms in total. The van der Waals surface area contributed by atoms with Gasteiger partial charge in [0.1, 0.15) is 6.10 Å². The highest BCUT2D eigenvalue weighted by molar-refractivity contribution is 7.14. The zero-order valence-corrected chi connectivity index (χ0v) is 15.2. The summed E-state index contributed by atoms with van der Waals surface area (Å²) in [5.41, 5.74) is 1.81. The number of carbonyl (C=O) groups is 2. The van der Waals surface area contributed by atoms with E-state index in [0.29, 0.717) is 6.54 Å². The lowest BCUT2D eigenvalue weighted by molar-refractivity contribution is -0.137. The predicted molar refractivity (Wildman–Crippen MR) is 102 cm³/mol. The minimum absolute atomic E-state index is 0.130. The fourth-order valence-electron chi connectivity index (χ4n) is 3.02. The van der Waals surface area contributed by atoms with Crippen molar-refractivity contribution in [3.63, 3.8) is 0 Å². The average molecular weight is 374 g/mol. The summed E-state index contributed by atoms with van der Waals surface area (Å²) in [5, 5.41) is 13.5. The zero-order chi connectivity index (χ0) is 18.4. The number of hydrogen-bond donors (Lipinski definition) is 2. The maximum absolute atomic E-state index is 12.2. The SMILES string of the molecule is O=C(O)CCN1CCC(OC(=O)Nc2ccsc2-c2ccccc2)CC1. The van der Waals surface area contributed by atoms with Gasteiger partial charge in [0.15, 0.2) is 0 Å². The molecule has 1 aliphatic rings. The Morgan fingerprint density at radius 3 is 2.62 bits per heavy atom. The molecular weight excluding hydrogens is 352 g/mol. The van der Waals surface area contributed by atoms with E-state index < -0.39 is 12.1 Å². The molecule has 26 heavy (non-hydrogen) atoms. The Kier molecular flexibility index (Phi) is 6.25. The molecule has 1 aromatic carbocycles. The van der Waals surface area contributed by atoms with Crippen molar-refractivity contribution in [3.8, 4) is 10.4 Å². The van der Waals surface area contributed by atoms with Crippen LogP contribution in [0.4, 0.5) is 10.5 Å². The third-order valence-corrected chi connectivity index (χ3v) is 5.35. The van der Waals surface area contributed by atoms with Gasteiger partial charge >= 0.3 is 12.1 Å². The molecule has 1 saturated heterocycles. The van der Waals surface area contributed by atoms with Crippen LogP contribution in [0.1, 0.15) is 19.3 Å². The van der Waals surface area contributed by atoms with E-state index in [9.17, 15) is 9.59 Å². The van der Waals surface area contributed by atoms with E-state index in [1.165, 1.54) is 0 Å². The van der Waals surface area contributed by atoms with Crippen molar-refractivity contribution in [2.45, 2.75) is 25.4 Å². The van der Waals surface area contributed by atoms with E-state index in [0.717, 1.165) is 42.1 Å². The van der Waals surface area contributed by atoms with Crippen molar-refractivity contribution in [2.24, 2.45) is 0 Å². The number of aliphatic carboxylic acids is 1. The van der Waals surface area contributed by atoms with Gasteiger partial charge in [-0.25, -0.2) is 4.79 Å². The van der Waals surface area contributed by atoms with Crippen molar-refractivity contribution in [2.75, 3.05) is 25.0 Å². The molecule has 1 amide bonds. The highest BCUT2D eigenvalue weighted by Gasteiger charge is 2.23. The number of anilines is 1. The molecule has 0 atom stereocenters. The Morgan fingerprint density at radius 2 is 1.92 bits per heavy atom. The first-order valence-corrected chi connectivity index (χ1v) is 9.54.